The van der Waals surface area contributed by atoms with Gasteiger partial charge in [-0.15, -0.1) is 0 Å². The first-order valence-electron chi connectivity index (χ1n) is 3.66. The van der Waals surface area contributed by atoms with Gasteiger partial charge in [0.1, 0.15) is 12.1 Å². The number of benzene rings is 1. The van der Waals surface area contributed by atoms with E-state index in [4.69, 9.17) is 5.84 Å². The first-order chi connectivity index (χ1) is 6.27. The number of rotatable bonds is 3. The van der Waals surface area contributed by atoms with Gasteiger partial charge in [-0.2, -0.15) is 0 Å². The number of allylic oxidation sites excluding steroid dienone is 1. The van der Waals surface area contributed by atoms with Gasteiger partial charge in [-0.25, -0.2) is 4.39 Å². The second-order valence-electron chi connectivity index (χ2n) is 2.38. The van der Waals surface area contributed by atoms with Crippen LogP contribution in [0.1, 0.15) is 5.56 Å². The van der Waals surface area contributed by atoms with E-state index in [1.54, 1.807) is 6.07 Å². The van der Waals surface area contributed by atoms with E-state index in [1.807, 2.05) is 0 Å². The van der Waals surface area contributed by atoms with Crippen LogP contribution in [0.15, 0.2) is 24.3 Å². The molecule has 0 bridgehead atoms. The first kappa shape index (κ1) is 9.41. The van der Waals surface area contributed by atoms with Crippen LogP contribution in [0.2, 0.25) is 0 Å². The van der Waals surface area contributed by atoms with Crippen LogP contribution in [-0.4, -0.2) is 6.29 Å². The number of nitrogen functional groups attached to an aromatic ring is 1. The third kappa shape index (κ3) is 2.38. The Hall–Kier alpha value is -1.68. The molecule has 0 atom stereocenters. The van der Waals surface area contributed by atoms with E-state index >= 15 is 0 Å². The molecule has 0 saturated heterocycles. The lowest BCUT2D eigenvalue weighted by Crippen LogP contribution is -2.08. The molecule has 0 amide bonds. The van der Waals surface area contributed by atoms with Gasteiger partial charge in [0.2, 0.25) is 0 Å². The van der Waals surface area contributed by atoms with Gasteiger partial charge in [0.15, 0.2) is 0 Å². The van der Waals surface area contributed by atoms with Crippen molar-refractivity contribution in [1.29, 1.82) is 0 Å². The molecule has 0 saturated carbocycles. The predicted molar refractivity (Wildman–Crippen MR) is 49.3 cm³/mol. The second kappa shape index (κ2) is 4.37. The maximum atomic E-state index is 13.0. The molecule has 4 heteroatoms. The van der Waals surface area contributed by atoms with Crippen molar-refractivity contribution in [2.24, 2.45) is 5.84 Å². The van der Waals surface area contributed by atoms with Crippen molar-refractivity contribution in [2.75, 3.05) is 5.43 Å². The fourth-order valence-corrected chi connectivity index (χ4v) is 0.902. The fourth-order valence-electron chi connectivity index (χ4n) is 0.902. The van der Waals surface area contributed by atoms with Gasteiger partial charge in [-0.1, -0.05) is 12.1 Å². The average Bonchev–Trinajstić information content (AvgIpc) is 2.15. The van der Waals surface area contributed by atoms with Gasteiger partial charge < -0.3 is 5.43 Å². The molecule has 0 fully saturated rings. The molecular weight excluding hydrogens is 171 g/mol. The smallest absolute Gasteiger partial charge is 0.148 e. The Morgan fingerprint density at radius 2 is 2.23 bits per heavy atom. The van der Waals surface area contributed by atoms with Gasteiger partial charge in [-0.3, -0.25) is 10.6 Å². The van der Waals surface area contributed by atoms with Crippen LogP contribution in [0.4, 0.5) is 10.1 Å². The molecule has 1 rings (SSSR count). The normalized spacial score (nSPS) is 10.3. The lowest BCUT2D eigenvalue weighted by Gasteiger charge is -2.01. The van der Waals surface area contributed by atoms with Crippen molar-refractivity contribution in [2.45, 2.75) is 0 Å². The summed E-state index contributed by atoms with van der Waals surface area (Å²) in [5, 5.41) is 0. The summed E-state index contributed by atoms with van der Waals surface area (Å²) in [4.78, 5) is 9.97. The van der Waals surface area contributed by atoms with Crippen LogP contribution in [0.5, 0.6) is 0 Å². The maximum Gasteiger partial charge on any atom is 0.148 e. The fraction of sp³-hybridized carbons (Fsp3) is 0. The standard InChI is InChI=1S/C9H9FN2O/c10-8-6-7(2-1-5-13)3-4-9(8)12-11/h1-6,12H,11H2. The van der Waals surface area contributed by atoms with Gasteiger partial charge in [0, 0.05) is 0 Å². The van der Waals surface area contributed by atoms with E-state index in [0.29, 0.717) is 11.8 Å². The quantitative estimate of drug-likeness (QED) is 0.319. The van der Waals surface area contributed by atoms with Crippen LogP contribution >= 0.6 is 0 Å². The molecule has 13 heavy (non-hydrogen) atoms. The highest BCUT2D eigenvalue weighted by Gasteiger charge is 1.98. The zero-order chi connectivity index (χ0) is 9.68. The molecule has 0 radical (unpaired) electrons. The molecule has 0 aliphatic rings. The van der Waals surface area contributed by atoms with Gasteiger partial charge in [-0.05, 0) is 23.8 Å². The van der Waals surface area contributed by atoms with Crippen LogP contribution < -0.4 is 11.3 Å². The highest BCUT2D eigenvalue weighted by Crippen LogP contribution is 2.14. The van der Waals surface area contributed by atoms with E-state index in [9.17, 15) is 9.18 Å². The minimum absolute atomic E-state index is 0.225. The minimum atomic E-state index is -0.449. The summed E-state index contributed by atoms with van der Waals surface area (Å²) in [5.74, 6) is 4.59. The van der Waals surface area contributed by atoms with Crippen molar-refractivity contribution in [3.8, 4) is 0 Å². The monoisotopic (exact) mass is 180 g/mol. The van der Waals surface area contributed by atoms with Crippen molar-refractivity contribution >= 4 is 18.0 Å². The molecule has 0 spiro atoms. The van der Waals surface area contributed by atoms with Crippen molar-refractivity contribution < 1.29 is 9.18 Å². The van der Waals surface area contributed by atoms with Crippen LogP contribution in [0.3, 0.4) is 0 Å². The third-order valence-electron chi connectivity index (χ3n) is 1.52. The number of anilines is 1. The number of hydrogen-bond donors (Lipinski definition) is 2. The van der Waals surface area contributed by atoms with Crippen LogP contribution in [-0.2, 0) is 4.79 Å². The topological polar surface area (TPSA) is 55.1 Å². The molecular formula is C9H9FN2O. The van der Waals surface area contributed by atoms with Crippen LogP contribution in [0.25, 0.3) is 6.08 Å². The van der Waals surface area contributed by atoms with Gasteiger partial charge in [0.05, 0.1) is 5.69 Å². The van der Waals surface area contributed by atoms with E-state index in [0.717, 1.165) is 0 Å². The number of carbonyl (C=O) groups excluding carboxylic acids is 1. The summed E-state index contributed by atoms with van der Waals surface area (Å²) in [6, 6.07) is 4.44. The number of nitrogens with two attached hydrogens (primary N) is 1. The Morgan fingerprint density at radius 3 is 2.77 bits per heavy atom. The Balaban J connectivity index is 2.95. The third-order valence-corrected chi connectivity index (χ3v) is 1.52. The Labute approximate surface area is 75.0 Å². The Kier molecular flexibility index (Phi) is 3.16. The molecule has 3 N–H and O–H groups in total. The lowest BCUT2D eigenvalue weighted by atomic mass is 10.2. The molecule has 0 aliphatic carbocycles. The summed E-state index contributed by atoms with van der Waals surface area (Å²) in [6.07, 6.45) is 3.44. The molecule has 1 aromatic rings. The number of halogens is 1. The van der Waals surface area contributed by atoms with Gasteiger partial charge >= 0.3 is 0 Å². The number of nitrogens with one attached hydrogen (secondary N) is 1. The van der Waals surface area contributed by atoms with E-state index < -0.39 is 5.82 Å². The molecule has 0 unspecified atom stereocenters. The summed E-state index contributed by atoms with van der Waals surface area (Å²) in [5.41, 5.74) is 3.05. The summed E-state index contributed by atoms with van der Waals surface area (Å²) in [6.45, 7) is 0. The average molecular weight is 180 g/mol. The molecule has 0 aliphatic heterocycles. The van der Waals surface area contributed by atoms with E-state index in [1.165, 1.54) is 24.3 Å². The summed E-state index contributed by atoms with van der Waals surface area (Å²) >= 11 is 0. The molecule has 3 nitrogen and oxygen atoms in total. The number of hydrogen-bond acceptors (Lipinski definition) is 3. The highest BCUT2D eigenvalue weighted by molar-refractivity contribution is 5.74. The second-order valence-corrected chi connectivity index (χ2v) is 2.38. The zero-order valence-corrected chi connectivity index (χ0v) is 6.83. The predicted octanol–water partition coefficient (Wildman–Crippen LogP) is 1.32. The number of carbonyl (C=O) groups is 1. The van der Waals surface area contributed by atoms with Gasteiger partial charge in [0.25, 0.3) is 0 Å². The number of aldehydes is 1. The SMILES string of the molecule is NNc1ccc(C=CC=O)cc1F. The van der Waals surface area contributed by atoms with E-state index in [2.05, 4.69) is 5.43 Å². The first-order valence-corrected chi connectivity index (χ1v) is 3.66. The molecule has 1 aromatic carbocycles. The summed E-state index contributed by atoms with van der Waals surface area (Å²) < 4.78 is 13.0. The largest absolute Gasteiger partial charge is 0.321 e. The van der Waals surface area contributed by atoms with Crippen molar-refractivity contribution in [3.05, 3.63) is 35.7 Å². The molecule has 0 heterocycles. The lowest BCUT2D eigenvalue weighted by molar-refractivity contribution is -0.104. The Morgan fingerprint density at radius 1 is 1.46 bits per heavy atom. The summed E-state index contributed by atoms with van der Waals surface area (Å²) in [7, 11) is 0. The van der Waals surface area contributed by atoms with Crippen LogP contribution in [0, 0.1) is 5.82 Å². The Bertz CT molecular complexity index is 336. The minimum Gasteiger partial charge on any atom is -0.321 e. The molecule has 68 valence electrons. The maximum absolute atomic E-state index is 13.0. The van der Waals surface area contributed by atoms with Crippen molar-refractivity contribution in [1.82, 2.24) is 0 Å². The zero-order valence-electron chi connectivity index (χ0n) is 6.83. The van der Waals surface area contributed by atoms with Crippen molar-refractivity contribution in [3.63, 3.8) is 0 Å². The number of hydrazine groups is 1. The molecule has 0 aromatic heterocycles. The van der Waals surface area contributed by atoms with E-state index in [-0.39, 0.29) is 5.69 Å². The highest BCUT2D eigenvalue weighted by atomic mass is 19.1.